The molecule has 0 unspecified atom stereocenters. The molecule has 1 amide bonds. The lowest BCUT2D eigenvalue weighted by atomic mass is 10.1. The average molecular weight is 535 g/mol. The largest absolute Gasteiger partial charge is 0.357 e. The molecule has 2 aliphatic rings. The molecule has 2 aromatic carbocycles. The Balaban J connectivity index is 0.00000272. The van der Waals surface area contributed by atoms with Crippen molar-refractivity contribution in [3.05, 3.63) is 48.0 Å². The quantitative estimate of drug-likeness (QED) is 0.363. The van der Waals surface area contributed by atoms with Crippen LogP contribution in [0.3, 0.4) is 0 Å². The zero-order valence-corrected chi connectivity index (χ0v) is 20.8. The van der Waals surface area contributed by atoms with Crippen LogP contribution in [0.15, 0.2) is 47.5 Å². The number of benzene rings is 2. The molecule has 0 bridgehead atoms. The van der Waals surface area contributed by atoms with Gasteiger partial charge >= 0.3 is 0 Å². The lowest BCUT2D eigenvalue weighted by Crippen LogP contribution is -2.54. The number of hydrogen-bond donors (Lipinski definition) is 1. The summed E-state index contributed by atoms with van der Waals surface area (Å²) >= 11 is 0. The monoisotopic (exact) mass is 535 g/mol. The van der Waals surface area contributed by atoms with E-state index >= 15 is 0 Å². The standard InChI is InChI=1S/C24H33N5O.HI/c1-2-25-24(26-18-20-9-10-21-7-3-4-8-22(21)17-20)29-15-13-27(14-16-29)19-23(30)28-11-5-6-12-28;/h3-4,7-10,17H,2,5-6,11-16,18-19H2,1H3,(H,25,26);1H. The number of likely N-dealkylation sites (tertiary alicyclic amines) is 1. The molecule has 0 saturated carbocycles. The second-order valence-electron chi connectivity index (χ2n) is 8.20. The molecule has 2 aliphatic heterocycles. The summed E-state index contributed by atoms with van der Waals surface area (Å²) in [5, 5.41) is 5.96. The van der Waals surface area contributed by atoms with E-state index in [1.165, 1.54) is 16.3 Å². The number of carbonyl (C=O) groups excluding carboxylic acids is 1. The van der Waals surface area contributed by atoms with E-state index in [1.807, 2.05) is 4.90 Å². The third-order valence-corrected chi connectivity index (χ3v) is 6.05. The Morgan fingerprint density at radius 3 is 2.35 bits per heavy atom. The van der Waals surface area contributed by atoms with Gasteiger partial charge in [0.05, 0.1) is 13.1 Å². The number of aliphatic imine (C=N–C) groups is 1. The van der Waals surface area contributed by atoms with Crippen molar-refractivity contribution in [2.45, 2.75) is 26.3 Å². The second kappa shape index (κ2) is 11.7. The summed E-state index contributed by atoms with van der Waals surface area (Å²) in [7, 11) is 0. The third kappa shape index (κ3) is 6.32. The summed E-state index contributed by atoms with van der Waals surface area (Å²) in [5.41, 5.74) is 1.22. The number of guanidine groups is 1. The molecular formula is C24H34IN5O. The molecule has 6 nitrogen and oxygen atoms in total. The zero-order chi connectivity index (χ0) is 20.8. The van der Waals surface area contributed by atoms with E-state index in [9.17, 15) is 4.79 Å². The van der Waals surface area contributed by atoms with Crippen LogP contribution in [0, 0.1) is 0 Å². The summed E-state index contributed by atoms with van der Waals surface area (Å²) in [6.07, 6.45) is 2.30. The van der Waals surface area contributed by atoms with E-state index in [0.29, 0.717) is 13.1 Å². The predicted octanol–water partition coefficient (Wildman–Crippen LogP) is 3.16. The molecule has 0 aromatic heterocycles. The Kier molecular flexibility index (Phi) is 8.95. The second-order valence-corrected chi connectivity index (χ2v) is 8.20. The SMILES string of the molecule is CCNC(=NCc1ccc2ccccc2c1)N1CCN(CC(=O)N2CCCC2)CC1.I. The van der Waals surface area contributed by atoms with Crippen molar-refractivity contribution >= 4 is 46.6 Å². The van der Waals surface area contributed by atoms with Crippen molar-refractivity contribution in [1.29, 1.82) is 0 Å². The van der Waals surface area contributed by atoms with Crippen molar-refractivity contribution in [3.63, 3.8) is 0 Å². The minimum Gasteiger partial charge on any atom is -0.357 e. The summed E-state index contributed by atoms with van der Waals surface area (Å²) < 4.78 is 0. The molecular weight excluding hydrogens is 501 g/mol. The van der Waals surface area contributed by atoms with Crippen LogP contribution < -0.4 is 5.32 Å². The molecule has 0 aliphatic carbocycles. The van der Waals surface area contributed by atoms with Gasteiger partial charge in [0.25, 0.3) is 0 Å². The molecule has 4 rings (SSSR count). The maximum Gasteiger partial charge on any atom is 0.236 e. The molecule has 2 heterocycles. The van der Waals surface area contributed by atoms with Crippen LogP contribution in [0.2, 0.25) is 0 Å². The van der Waals surface area contributed by atoms with Gasteiger partial charge in [-0.25, -0.2) is 4.99 Å². The first-order valence-electron chi connectivity index (χ1n) is 11.2. The van der Waals surface area contributed by atoms with Gasteiger partial charge in [0.15, 0.2) is 5.96 Å². The molecule has 0 spiro atoms. The van der Waals surface area contributed by atoms with Gasteiger partial charge < -0.3 is 15.1 Å². The lowest BCUT2D eigenvalue weighted by molar-refractivity contribution is -0.131. The lowest BCUT2D eigenvalue weighted by Gasteiger charge is -2.36. The minimum absolute atomic E-state index is 0. The topological polar surface area (TPSA) is 51.2 Å². The molecule has 168 valence electrons. The fourth-order valence-corrected chi connectivity index (χ4v) is 4.30. The first-order valence-corrected chi connectivity index (χ1v) is 11.2. The van der Waals surface area contributed by atoms with Crippen molar-refractivity contribution < 1.29 is 4.79 Å². The van der Waals surface area contributed by atoms with Crippen LogP contribution >= 0.6 is 24.0 Å². The Hall–Kier alpha value is -1.87. The number of nitrogens with one attached hydrogen (secondary N) is 1. The fourth-order valence-electron chi connectivity index (χ4n) is 4.30. The highest BCUT2D eigenvalue weighted by atomic mass is 127. The maximum atomic E-state index is 12.4. The maximum absolute atomic E-state index is 12.4. The van der Waals surface area contributed by atoms with E-state index in [2.05, 4.69) is 64.5 Å². The Morgan fingerprint density at radius 2 is 1.65 bits per heavy atom. The number of carbonyl (C=O) groups is 1. The van der Waals surface area contributed by atoms with Crippen molar-refractivity contribution in [3.8, 4) is 0 Å². The molecule has 7 heteroatoms. The number of fused-ring (bicyclic) bond motifs is 1. The molecule has 0 atom stereocenters. The number of rotatable bonds is 5. The zero-order valence-electron chi connectivity index (χ0n) is 18.4. The van der Waals surface area contributed by atoms with Gasteiger partial charge in [0, 0.05) is 45.8 Å². The highest BCUT2D eigenvalue weighted by Gasteiger charge is 2.24. The fraction of sp³-hybridized carbons (Fsp3) is 0.500. The van der Waals surface area contributed by atoms with Crippen LogP contribution in [0.1, 0.15) is 25.3 Å². The summed E-state index contributed by atoms with van der Waals surface area (Å²) in [5.74, 6) is 1.26. The Labute approximate surface area is 202 Å². The van der Waals surface area contributed by atoms with E-state index in [-0.39, 0.29) is 29.9 Å². The average Bonchev–Trinajstić information content (AvgIpc) is 3.32. The van der Waals surface area contributed by atoms with Gasteiger partial charge in [-0.3, -0.25) is 9.69 Å². The first kappa shape index (κ1) is 23.8. The summed E-state index contributed by atoms with van der Waals surface area (Å²) in [4.78, 5) is 23.9. The van der Waals surface area contributed by atoms with Crippen molar-refractivity contribution in [1.82, 2.24) is 20.0 Å². The highest BCUT2D eigenvalue weighted by Crippen LogP contribution is 2.16. The third-order valence-electron chi connectivity index (χ3n) is 6.05. The van der Waals surface area contributed by atoms with Gasteiger partial charge in [-0.05, 0) is 42.2 Å². The van der Waals surface area contributed by atoms with E-state index in [0.717, 1.165) is 64.6 Å². The van der Waals surface area contributed by atoms with Gasteiger partial charge in [0.2, 0.25) is 5.91 Å². The Bertz CT molecular complexity index is 888. The van der Waals surface area contributed by atoms with E-state index < -0.39 is 0 Å². The molecule has 1 N–H and O–H groups in total. The number of piperazine rings is 1. The number of halogens is 1. The molecule has 2 fully saturated rings. The van der Waals surface area contributed by atoms with Gasteiger partial charge in [-0.1, -0.05) is 36.4 Å². The van der Waals surface area contributed by atoms with Gasteiger partial charge in [-0.15, -0.1) is 24.0 Å². The normalized spacial score (nSPS) is 17.6. The Morgan fingerprint density at radius 1 is 0.935 bits per heavy atom. The van der Waals surface area contributed by atoms with Crippen LogP contribution in [0.5, 0.6) is 0 Å². The smallest absolute Gasteiger partial charge is 0.236 e. The van der Waals surface area contributed by atoms with E-state index in [4.69, 9.17) is 4.99 Å². The minimum atomic E-state index is 0. The van der Waals surface area contributed by atoms with Crippen molar-refractivity contribution in [2.75, 3.05) is 52.4 Å². The highest BCUT2D eigenvalue weighted by molar-refractivity contribution is 14.0. The number of nitrogens with zero attached hydrogens (tertiary/aromatic N) is 4. The van der Waals surface area contributed by atoms with Gasteiger partial charge in [0.1, 0.15) is 0 Å². The molecule has 2 saturated heterocycles. The molecule has 31 heavy (non-hydrogen) atoms. The van der Waals surface area contributed by atoms with Crippen LogP contribution in [0.25, 0.3) is 10.8 Å². The van der Waals surface area contributed by atoms with Crippen LogP contribution in [0.4, 0.5) is 0 Å². The summed E-state index contributed by atoms with van der Waals surface area (Å²) in [6.45, 7) is 9.66. The van der Waals surface area contributed by atoms with Crippen molar-refractivity contribution in [2.24, 2.45) is 4.99 Å². The first-order chi connectivity index (χ1) is 14.7. The number of amides is 1. The van der Waals surface area contributed by atoms with E-state index in [1.54, 1.807) is 0 Å². The number of hydrogen-bond acceptors (Lipinski definition) is 3. The van der Waals surface area contributed by atoms with Crippen LogP contribution in [-0.4, -0.2) is 78.9 Å². The predicted molar refractivity (Wildman–Crippen MR) is 138 cm³/mol. The van der Waals surface area contributed by atoms with Gasteiger partial charge in [-0.2, -0.15) is 0 Å². The summed E-state index contributed by atoms with van der Waals surface area (Å²) in [6, 6.07) is 15.0. The molecule has 0 radical (unpaired) electrons. The van der Waals surface area contributed by atoms with Crippen LogP contribution in [-0.2, 0) is 11.3 Å². The molecule has 2 aromatic rings.